The molecule has 1 aromatic carbocycles. The van der Waals surface area contributed by atoms with E-state index in [1.54, 1.807) is 10.7 Å². The first kappa shape index (κ1) is 14.5. The SMILES string of the molecule is CCCn1nc(CO)cc1OCc1ccc2ccccc2n1. The van der Waals surface area contributed by atoms with Gasteiger partial charge in [-0.2, -0.15) is 5.10 Å². The minimum atomic E-state index is -0.0820. The summed E-state index contributed by atoms with van der Waals surface area (Å²) in [6.07, 6.45) is 0.955. The van der Waals surface area contributed by atoms with Gasteiger partial charge in [-0.05, 0) is 18.6 Å². The van der Waals surface area contributed by atoms with Gasteiger partial charge in [0.15, 0.2) is 0 Å². The fraction of sp³-hybridized carbons (Fsp3) is 0.294. The number of para-hydroxylation sites is 1. The molecule has 0 saturated heterocycles. The number of benzene rings is 1. The van der Waals surface area contributed by atoms with Crippen molar-refractivity contribution in [2.75, 3.05) is 0 Å². The normalized spacial score (nSPS) is 11.0. The highest BCUT2D eigenvalue weighted by Gasteiger charge is 2.08. The van der Waals surface area contributed by atoms with Crippen molar-refractivity contribution < 1.29 is 9.84 Å². The second kappa shape index (κ2) is 6.58. The zero-order chi connectivity index (χ0) is 15.4. The third-order valence-corrected chi connectivity index (χ3v) is 3.42. The standard InChI is InChI=1S/C17H19N3O2/c1-2-9-20-17(10-15(11-21)19-20)22-12-14-8-7-13-5-3-4-6-16(13)18-14/h3-8,10,21H,2,9,11-12H2,1H3. The van der Waals surface area contributed by atoms with Crippen LogP contribution in [0.2, 0.25) is 0 Å². The highest BCUT2D eigenvalue weighted by Crippen LogP contribution is 2.17. The maximum atomic E-state index is 9.20. The number of aryl methyl sites for hydroxylation is 1. The van der Waals surface area contributed by atoms with Gasteiger partial charge >= 0.3 is 0 Å². The lowest BCUT2D eigenvalue weighted by molar-refractivity contribution is 0.266. The van der Waals surface area contributed by atoms with Crippen LogP contribution in [0.5, 0.6) is 5.88 Å². The van der Waals surface area contributed by atoms with Gasteiger partial charge in [0.1, 0.15) is 6.61 Å². The van der Waals surface area contributed by atoms with Crippen LogP contribution in [-0.4, -0.2) is 19.9 Å². The Bertz CT molecular complexity index is 767. The summed E-state index contributed by atoms with van der Waals surface area (Å²) in [7, 11) is 0. The second-order valence-electron chi connectivity index (χ2n) is 5.14. The molecule has 0 amide bonds. The van der Waals surface area contributed by atoms with Gasteiger partial charge in [0, 0.05) is 18.0 Å². The average Bonchev–Trinajstić information content (AvgIpc) is 2.95. The Morgan fingerprint density at radius 3 is 2.82 bits per heavy atom. The van der Waals surface area contributed by atoms with Gasteiger partial charge in [-0.1, -0.05) is 31.2 Å². The van der Waals surface area contributed by atoms with Crippen LogP contribution in [0.15, 0.2) is 42.5 Å². The first-order valence-corrected chi connectivity index (χ1v) is 7.45. The van der Waals surface area contributed by atoms with Crippen molar-refractivity contribution in [3.8, 4) is 5.88 Å². The van der Waals surface area contributed by atoms with Gasteiger partial charge in [0.05, 0.1) is 23.5 Å². The number of aliphatic hydroxyl groups excluding tert-OH is 1. The van der Waals surface area contributed by atoms with Gasteiger partial charge in [-0.25, -0.2) is 9.67 Å². The van der Waals surface area contributed by atoms with E-state index in [0.717, 1.165) is 29.6 Å². The Balaban J connectivity index is 1.77. The third-order valence-electron chi connectivity index (χ3n) is 3.42. The Hall–Kier alpha value is -2.40. The molecule has 0 atom stereocenters. The molecule has 0 aliphatic rings. The van der Waals surface area contributed by atoms with Crippen LogP contribution in [0.4, 0.5) is 0 Å². The second-order valence-corrected chi connectivity index (χ2v) is 5.14. The van der Waals surface area contributed by atoms with Crippen LogP contribution < -0.4 is 4.74 Å². The number of rotatable bonds is 6. The van der Waals surface area contributed by atoms with Crippen LogP contribution in [0.3, 0.4) is 0 Å². The van der Waals surface area contributed by atoms with Gasteiger partial charge in [0.25, 0.3) is 0 Å². The Morgan fingerprint density at radius 1 is 1.14 bits per heavy atom. The fourth-order valence-corrected chi connectivity index (χ4v) is 2.35. The van der Waals surface area contributed by atoms with E-state index in [9.17, 15) is 5.11 Å². The number of nitrogens with zero attached hydrogens (tertiary/aromatic N) is 3. The van der Waals surface area contributed by atoms with E-state index < -0.39 is 0 Å². The summed E-state index contributed by atoms with van der Waals surface area (Å²) in [6, 6.07) is 13.8. The van der Waals surface area contributed by atoms with Crippen molar-refractivity contribution in [3.05, 3.63) is 53.9 Å². The summed E-state index contributed by atoms with van der Waals surface area (Å²) >= 11 is 0. The zero-order valence-electron chi connectivity index (χ0n) is 12.6. The van der Waals surface area contributed by atoms with E-state index in [2.05, 4.69) is 17.0 Å². The van der Waals surface area contributed by atoms with Crippen molar-refractivity contribution >= 4 is 10.9 Å². The molecule has 0 aliphatic carbocycles. The van der Waals surface area contributed by atoms with Crippen molar-refractivity contribution in [1.82, 2.24) is 14.8 Å². The number of fused-ring (bicyclic) bond motifs is 1. The van der Waals surface area contributed by atoms with Gasteiger partial charge in [-0.15, -0.1) is 0 Å². The maximum absolute atomic E-state index is 9.20. The van der Waals surface area contributed by atoms with Crippen molar-refractivity contribution in [2.45, 2.75) is 33.1 Å². The number of hydrogen-bond acceptors (Lipinski definition) is 4. The van der Waals surface area contributed by atoms with Crippen molar-refractivity contribution in [3.63, 3.8) is 0 Å². The van der Waals surface area contributed by atoms with E-state index in [0.29, 0.717) is 18.2 Å². The highest BCUT2D eigenvalue weighted by molar-refractivity contribution is 5.78. The van der Waals surface area contributed by atoms with Crippen LogP contribution in [0, 0.1) is 0 Å². The maximum Gasteiger partial charge on any atom is 0.212 e. The first-order valence-electron chi connectivity index (χ1n) is 7.45. The third kappa shape index (κ3) is 3.09. The molecule has 5 heteroatoms. The molecule has 2 aromatic heterocycles. The van der Waals surface area contributed by atoms with E-state index in [4.69, 9.17) is 4.74 Å². The number of ether oxygens (including phenoxy) is 1. The molecule has 5 nitrogen and oxygen atoms in total. The molecule has 0 unspecified atom stereocenters. The predicted molar refractivity (Wildman–Crippen MR) is 84.5 cm³/mol. The smallest absolute Gasteiger partial charge is 0.212 e. The Labute approximate surface area is 129 Å². The summed E-state index contributed by atoms with van der Waals surface area (Å²) in [5.74, 6) is 0.667. The zero-order valence-corrected chi connectivity index (χ0v) is 12.6. The molecule has 0 bridgehead atoms. The lowest BCUT2D eigenvalue weighted by Crippen LogP contribution is -2.06. The van der Waals surface area contributed by atoms with Crippen LogP contribution in [-0.2, 0) is 19.8 Å². The van der Waals surface area contributed by atoms with Crippen LogP contribution in [0.25, 0.3) is 10.9 Å². The van der Waals surface area contributed by atoms with E-state index >= 15 is 0 Å². The summed E-state index contributed by atoms with van der Waals surface area (Å²) in [5, 5.41) is 14.6. The van der Waals surface area contributed by atoms with E-state index in [1.807, 2.05) is 36.4 Å². The van der Waals surface area contributed by atoms with Crippen molar-refractivity contribution in [1.29, 1.82) is 0 Å². The lowest BCUT2D eigenvalue weighted by Gasteiger charge is -2.08. The summed E-state index contributed by atoms with van der Waals surface area (Å²) in [6.45, 7) is 3.14. The Morgan fingerprint density at radius 2 is 2.00 bits per heavy atom. The largest absolute Gasteiger partial charge is 0.471 e. The average molecular weight is 297 g/mol. The molecule has 1 N–H and O–H groups in total. The molecule has 0 spiro atoms. The number of pyridine rings is 1. The van der Waals surface area contributed by atoms with Crippen LogP contribution >= 0.6 is 0 Å². The van der Waals surface area contributed by atoms with Gasteiger partial charge in [0.2, 0.25) is 5.88 Å². The monoisotopic (exact) mass is 297 g/mol. The molecule has 0 saturated carbocycles. The molecule has 0 aliphatic heterocycles. The lowest BCUT2D eigenvalue weighted by atomic mass is 10.2. The quantitative estimate of drug-likeness (QED) is 0.760. The predicted octanol–water partition coefficient (Wildman–Crippen LogP) is 2.91. The highest BCUT2D eigenvalue weighted by atomic mass is 16.5. The number of aliphatic hydroxyl groups is 1. The molecular formula is C17H19N3O2. The van der Waals surface area contributed by atoms with E-state index in [-0.39, 0.29) is 6.61 Å². The Kier molecular flexibility index (Phi) is 4.34. The van der Waals surface area contributed by atoms with Crippen LogP contribution in [0.1, 0.15) is 24.7 Å². The summed E-state index contributed by atoms with van der Waals surface area (Å²) in [5.41, 5.74) is 2.45. The molecule has 2 heterocycles. The fourth-order valence-electron chi connectivity index (χ4n) is 2.35. The number of aromatic nitrogens is 3. The molecule has 3 aromatic rings. The topological polar surface area (TPSA) is 60.2 Å². The first-order chi connectivity index (χ1) is 10.8. The van der Waals surface area contributed by atoms with Gasteiger partial charge in [-0.3, -0.25) is 0 Å². The van der Waals surface area contributed by atoms with Crippen molar-refractivity contribution in [2.24, 2.45) is 0 Å². The van der Waals surface area contributed by atoms with Gasteiger partial charge < -0.3 is 9.84 Å². The minimum Gasteiger partial charge on any atom is -0.471 e. The minimum absolute atomic E-state index is 0.0820. The molecule has 114 valence electrons. The molecule has 0 fully saturated rings. The number of hydrogen-bond donors (Lipinski definition) is 1. The van der Waals surface area contributed by atoms with E-state index in [1.165, 1.54) is 0 Å². The molecule has 3 rings (SSSR count). The summed E-state index contributed by atoms with van der Waals surface area (Å²) in [4.78, 5) is 4.59. The molecular weight excluding hydrogens is 278 g/mol. The molecule has 22 heavy (non-hydrogen) atoms. The summed E-state index contributed by atoms with van der Waals surface area (Å²) < 4.78 is 7.62. The molecule has 0 radical (unpaired) electrons.